The lowest BCUT2D eigenvalue weighted by Crippen LogP contribution is -2.44. The predicted molar refractivity (Wildman–Crippen MR) is 126 cm³/mol. The smallest absolute Gasteiger partial charge is 0.246 e. The average Bonchev–Trinajstić information content (AvgIpc) is 3.08. The number of hydrogen-bond acceptors (Lipinski definition) is 6. The van der Waals surface area contributed by atoms with Crippen LogP contribution in [-0.4, -0.2) is 65.2 Å². The van der Waals surface area contributed by atoms with Crippen molar-refractivity contribution in [2.75, 3.05) is 42.4 Å². The molecule has 1 heterocycles. The molecular weight excluding hydrogens is 450 g/mol. The first-order chi connectivity index (χ1) is 14.9. The molecule has 0 aromatic heterocycles. The fraction of sp³-hybridized carbons (Fsp3) is 0.409. The number of para-hydroxylation sites is 1. The van der Waals surface area contributed by atoms with Crippen molar-refractivity contribution in [3.05, 3.63) is 53.6 Å². The summed E-state index contributed by atoms with van der Waals surface area (Å²) in [4.78, 5) is 14.9. The van der Waals surface area contributed by atoms with Gasteiger partial charge in [0.1, 0.15) is 0 Å². The van der Waals surface area contributed by atoms with Crippen LogP contribution < -0.4 is 10.2 Å². The van der Waals surface area contributed by atoms with E-state index in [0.717, 1.165) is 15.4 Å². The number of carbonyl (C=O) groups excluding carboxylic acids is 1. The number of nitrogens with one attached hydrogen (secondary N) is 1. The molecule has 2 aromatic rings. The zero-order valence-electron chi connectivity index (χ0n) is 18.7. The first-order valence-corrected chi connectivity index (χ1v) is 13.5. The van der Waals surface area contributed by atoms with Crippen LogP contribution in [0.5, 0.6) is 0 Å². The highest BCUT2D eigenvalue weighted by Gasteiger charge is 2.35. The number of carbonyl (C=O) groups is 1. The molecule has 3 rings (SSSR count). The van der Waals surface area contributed by atoms with Gasteiger partial charge in [0.25, 0.3) is 0 Å². The van der Waals surface area contributed by atoms with Crippen molar-refractivity contribution in [1.82, 2.24) is 4.31 Å². The van der Waals surface area contributed by atoms with Crippen molar-refractivity contribution < 1.29 is 21.6 Å². The second-order valence-electron chi connectivity index (χ2n) is 8.21. The third-order valence-corrected chi connectivity index (χ3v) is 9.27. The van der Waals surface area contributed by atoms with Gasteiger partial charge in [-0.1, -0.05) is 18.2 Å². The molecule has 0 aliphatic carbocycles. The molecule has 32 heavy (non-hydrogen) atoms. The number of sulfone groups is 1. The van der Waals surface area contributed by atoms with E-state index in [2.05, 4.69) is 5.32 Å². The van der Waals surface area contributed by atoms with Gasteiger partial charge in [-0.05, 0) is 55.7 Å². The zero-order valence-corrected chi connectivity index (χ0v) is 20.3. The molecular formula is C22H29N3O5S2. The average molecular weight is 480 g/mol. The SMILES string of the molecule is Cc1cc(S(=O)(=O)N(C)C)cc(NCC(=O)N(c2ccccc2)C2CCS(=O)(=O)C2)c1C. The third-order valence-electron chi connectivity index (χ3n) is 5.73. The second kappa shape index (κ2) is 9.21. The van der Waals surface area contributed by atoms with E-state index in [1.54, 1.807) is 35.2 Å². The fourth-order valence-electron chi connectivity index (χ4n) is 3.75. The molecule has 174 valence electrons. The monoisotopic (exact) mass is 479 g/mol. The Labute approximate surface area is 190 Å². The zero-order chi connectivity index (χ0) is 23.7. The lowest BCUT2D eigenvalue weighted by molar-refractivity contribution is -0.117. The minimum Gasteiger partial charge on any atom is -0.376 e. The predicted octanol–water partition coefficient (Wildman–Crippen LogP) is 2.19. The number of amides is 1. The van der Waals surface area contributed by atoms with E-state index in [9.17, 15) is 21.6 Å². The highest BCUT2D eigenvalue weighted by Crippen LogP contribution is 2.27. The Morgan fingerprint density at radius 2 is 1.78 bits per heavy atom. The van der Waals surface area contributed by atoms with Gasteiger partial charge in [0.2, 0.25) is 15.9 Å². The fourth-order valence-corrected chi connectivity index (χ4v) is 6.47. The summed E-state index contributed by atoms with van der Waals surface area (Å²) in [5.74, 6) is -0.288. The minimum atomic E-state index is -3.63. The van der Waals surface area contributed by atoms with Crippen molar-refractivity contribution in [1.29, 1.82) is 0 Å². The van der Waals surface area contributed by atoms with Crippen LogP contribution in [0.2, 0.25) is 0 Å². The standard InChI is InChI=1S/C22H29N3O5S2/c1-16-12-20(32(29,30)24(3)4)13-21(17(16)2)23-14-22(26)25(18-8-6-5-7-9-18)19-10-11-31(27,28)15-19/h5-9,12-13,19,23H,10-11,14-15H2,1-4H3. The summed E-state index contributed by atoms with van der Waals surface area (Å²) in [5, 5.41) is 3.08. The summed E-state index contributed by atoms with van der Waals surface area (Å²) < 4.78 is 50.4. The summed E-state index contributed by atoms with van der Waals surface area (Å²) in [6.45, 7) is 3.57. The molecule has 1 fully saturated rings. The van der Waals surface area contributed by atoms with Crippen molar-refractivity contribution >= 4 is 37.1 Å². The number of aryl methyl sites for hydroxylation is 1. The number of sulfonamides is 1. The second-order valence-corrected chi connectivity index (χ2v) is 12.6. The lowest BCUT2D eigenvalue weighted by atomic mass is 10.1. The van der Waals surface area contributed by atoms with E-state index < -0.39 is 25.9 Å². The van der Waals surface area contributed by atoms with E-state index in [1.165, 1.54) is 20.2 Å². The van der Waals surface area contributed by atoms with Gasteiger partial charge in [0.05, 0.1) is 29.0 Å². The van der Waals surface area contributed by atoms with Crippen LogP contribution in [0.25, 0.3) is 0 Å². The number of nitrogens with zero attached hydrogens (tertiary/aromatic N) is 2. The van der Waals surface area contributed by atoms with Crippen molar-refractivity contribution in [3.8, 4) is 0 Å². The third kappa shape index (κ3) is 5.13. The van der Waals surface area contributed by atoms with Crippen molar-refractivity contribution in [2.45, 2.75) is 31.2 Å². The molecule has 8 nitrogen and oxygen atoms in total. The molecule has 0 radical (unpaired) electrons. The molecule has 2 aromatic carbocycles. The largest absolute Gasteiger partial charge is 0.376 e. The molecule has 1 aliphatic rings. The normalized spacial score (nSPS) is 18.0. The van der Waals surface area contributed by atoms with Gasteiger partial charge in [-0.25, -0.2) is 21.1 Å². The quantitative estimate of drug-likeness (QED) is 0.653. The number of anilines is 2. The summed E-state index contributed by atoms with van der Waals surface area (Å²) >= 11 is 0. The van der Waals surface area contributed by atoms with E-state index in [1.807, 2.05) is 19.9 Å². The molecule has 0 spiro atoms. The molecule has 1 saturated heterocycles. The van der Waals surface area contributed by atoms with E-state index >= 15 is 0 Å². The maximum Gasteiger partial charge on any atom is 0.246 e. The molecule has 1 unspecified atom stereocenters. The first-order valence-electron chi connectivity index (χ1n) is 10.3. The Hall–Kier alpha value is -2.43. The number of hydrogen-bond donors (Lipinski definition) is 1. The first kappa shape index (κ1) is 24.2. The van der Waals surface area contributed by atoms with Gasteiger partial charge in [-0.3, -0.25) is 4.79 Å². The molecule has 10 heteroatoms. The molecule has 1 atom stereocenters. The van der Waals surface area contributed by atoms with Gasteiger partial charge in [-0.2, -0.15) is 0 Å². The molecule has 0 bridgehead atoms. The maximum absolute atomic E-state index is 13.2. The summed E-state index contributed by atoms with van der Waals surface area (Å²) in [6, 6.07) is 11.7. The van der Waals surface area contributed by atoms with E-state index in [-0.39, 0.29) is 28.9 Å². The van der Waals surface area contributed by atoms with E-state index in [0.29, 0.717) is 17.8 Å². The number of rotatable bonds is 7. The molecule has 1 N–H and O–H groups in total. The Morgan fingerprint density at radius 3 is 2.34 bits per heavy atom. The van der Waals surface area contributed by atoms with Crippen LogP contribution >= 0.6 is 0 Å². The highest BCUT2D eigenvalue weighted by atomic mass is 32.2. The Bertz CT molecular complexity index is 1210. The van der Waals surface area contributed by atoms with Gasteiger partial charge in [-0.15, -0.1) is 0 Å². The molecule has 0 saturated carbocycles. The van der Waals surface area contributed by atoms with Gasteiger partial charge in [0, 0.05) is 25.5 Å². The molecule has 1 amide bonds. The van der Waals surface area contributed by atoms with Crippen LogP contribution in [0.4, 0.5) is 11.4 Å². The van der Waals surface area contributed by atoms with Gasteiger partial charge >= 0.3 is 0 Å². The van der Waals surface area contributed by atoms with Crippen LogP contribution in [0.3, 0.4) is 0 Å². The Kier molecular flexibility index (Phi) is 6.97. The summed E-state index contributed by atoms with van der Waals surface area (Å²) in [6.07, 6.45) is 0.387. The summed E-state index contributed by atoms with van der Waals surface area (Å²) in [5.41, 5.74) is 2.80. The van der Waals surface area contributed by atoms with Crippen LogP contribution in [0.15, 0.2) is 47.4 Å². The van der Waals surface area contributed by atoms with Crippen LogP contribution in [-0.2, 0) is 24.7 Å². The van der Waals surface area contributed by atoms with Crippen molar-refractivity contribution in [3.63, 3.8) is 0 Å². The number of benzene rings is 2. The topological polar surface area (TPSA) is 104 Å². The van der Waals surface area contributed by atoms with Crippen molar-refractivity contribution in [2.24, 2.45) is 0 Å². The minimum absolute atomic E-state index is 0.0600. The highest BCUT2D eigenvalue weighted by molar-refractivity contribution is 7.91. The van der Waals surface area contributed by atoms with Gasteiger partial charge in [0.15, 0.2) is 9.84 Å². The summed E-state index contributed by atoms with van der Waals surface area (Å²) in [7, 11) is -3.87. The van der Waals surface area contributed by atoms with Crippen LogP contribution in [0, 0.1) is 13.8 Å². The lowest BCUT2D eigenvalue weighted by Gasteiger charge is -2.29. The van der Waals surface area contributed by atoms with Crippen LogP contribution in [0.1, 0.15) is 17.5 Å². The van der Waals surface area contributed by atoms with Gasteiger partial charge < -0.3 is 10.2 Å². The Morgan fingerprint density at radius 1 is 1.12 bits per heavy atom. The molecule has 1 aliphatic heterocycles. The maximum atomic E-state index is 13.2. The van der Waals surface area contributed by atoms with E-state index in [4.69, 9.17) is 0 Å². The Balaban J connectivity index is 1.88.